The van der Waals surface area contributed by atoms with Gasteiger partial charge < -0.3 is 5.73 Å². The molecule has 0 radical (unpaired) electrons. The summed E-state index contributed by atoms with van der Waals surface area (Å²) in [4.78, 5) is 4.03. The van der Waals surface area contributed by atoms with Crippen LogP contribution in [0.1, 0.15) is 24.8 Å². The molecule has 0 spiro atoms. The lowest BCUT2D eigenvalue weighted by molar-refractivity contribution is 0.690. The van der Waals surface area contributed by atoms with Gasteiger partial charge in [0, 0.05) is 12.4 Å². The first-order valence-electron chi connectivity index (χ1n) is 6.01. The van der Waals surface area contributed by atoms with Crippen molar-refractivity contribution in [1.82, 2.24) is 4.98 Å². The van der Waals surface area contributed by atoms with E-state index in [0.717, 1.165) is 13.0 Å². The maximum atomic E-state index is 5.58. The van der Waals surface area contributed by atoms with Crippen molar-refractivity contribution in [2.24, 2.45) is 5.73 Å². The van der Waals surface area contributed by atoms with Crippen LogP contribution in [0.15, 0.2) is 48.8 Å². The second-order valence-electron chi connectivity index (χ2n) is 4.34. The van der Waals surface area contributed by atoms with E-state index in [2.05, 4.69) is 36.2 Å². The smallest absolute Gasteiger partial charge is 0.0273 e. The monoisotopic (exact) mass is 226 g/mol. The number of hydrogen-bond donors (Lipinski definition) is 1. The molecule has 2 rings (SSSR count). The summed E-state index contributed by atoms with van der Waals surface area (Å²) in [7, 11) is 0. The molecule has 0 saturated heterocycles. The zero-order valence-electron chi connectivity index (χ0n) is 10.1. The minimum absolute atomic E-state index is 0.534. The maximum absolute atomic E-state index is 5.58. The zero-order valence-corrected chi connectivity index (χ0v) is 10.1. The fraction of sp³-hybridized carbons (Fsp3) is 0.267. The van der Waals surface area contributed by atoms with Crippen LogP contribution in [0.25, 0.3) is 11.1 Å². The molecule has 0 aliphatic carbocycles. The third-order valence-electron chi connectivity index (χ3n) is 3.09. The van der Waals surface area contributed by atoms with Crippen LogP contribution in [0.2, 0.25) is 0 Å². The first-order chi connectivity index (χ1) is 8.31. The van der Waals surface area contributed by atoms with Crippen molar-refractivity contribution in [2.75, 3.05) is 6.54 Å². The molecule has 0 bridgehead atoms. The molecule has 1 unspecified atom stereocenters. The molecule has 2 aromatic rings. The first-order valence-corrected chi connectivity index (χ1v) is 6.01. The highest BCUT2D eigenvalue weighted by Crippen LogP contribution is 2.23. The van der Waals surface area contributed by atoms with Gasteiger partial charge in [0.05, 0.1) is 0 Å². The van der Waals surface area contributed by atoms with E-state index in [1.807, 2.05) is 24.5 Å². The Kier molecular flexibility index (Phi) is 3.89. The van der Waals surface area contributed by atoms with E-state index < -0.39 is 0 Å². The summed E-state index contributed by atoms with van der Waals surface area (Å²) in [5, 5.41) is 0. The van der Waals surface area contributed by atoms with Crippen LogP contribution >= 0.6 is 0 Å². The predicted molar refractivity (Wildman–Crippen MR) is 71.8 cm³/mol. The van der Waals surface area contributed by atoms with E-state index in [0.29, 0.717) is 5.92 Å². The largest absolute Gasteiger partial charge is 0.330 e. The third kappa shape index (κ3) is 2.92. The SMILES string of the molecule is CC(CCN)c1ccc(-c2ccncc2)cc1. The van der Waals surface area contributed by atoms with Gasteiger partial charge in [-0.1, -0.05) is 31.2 Å². The molecule has 1 aromatic carbocycles. The quantitative estimate of drug-likeness (QED) is 0.869. The lowest BCUT2D eigenvalue weighted by Crippen LogP contribution is -2.04. The number of aromatic nitrogens is 1. The second kappa shape index (κ2) is 5.60. The molecule has 0 aliphatic heterocycles. The van der Waals surface area contributed by atoms with Gasteiger partial charge in [0.1, 0.15) is 0 Å². The summed E-state index contributed by atoms with van der Waals surface area (Å²) in [6, 6.07) is 12.8. The Hall–Kier alpha value is -1.67. The molecule has 1 atom stereocenters. The average Bonchev–Trinajstić information content (AvgIpc) is 2.40. The van der Waals surface area contributed by atoms with Gasteiger partial charge in [-0.25, -0.2) is 0 Å². The standard InChI is InChI=1S/C15H18N2/c1-12(6-9-16)13-2-4-14(5-3-13)15-7-10-17-11-8-15/h2-5,7-8,10-12H,6,9,16H2,1H3. The molecule has 2 heteroatoms. The molecule has 0 aliphatic rings. The van der Waals surface area contributed by atoms with E-state index in [-0.39, 0.29) is 0 Å². The van der Waals surface area contributed by atoms with Crippen LogP contribution in [0.3, 0.4) is 0 Å². The first kappa shape index (κ1) is 11.8. The molecule has 0 saturated carbocycles. The normalized spacial score (nSPS) is 12.4. The lowest BCUT2D eigenvalue weighted by atomic mass is 9.95. The van der Waals surface area contributed by atoms with E-state index in [1.54, 1.807) is 0 Å². The van der Waals surface area contributed by atoms with Crippen molar-refractivity contribution in [1.29, 1.82) is 0 Å². The molecule has 0 fully saturated rings. The van der Waals surface area contributed by atoms with Crippen molar-refractivity contribution in [3.8, 4) is 11.1 Å². The molecule has 2 N–H and O–H groups in total. The fourth-order valence-corrected chi connectivity index (χ4v) is 1.97. The summed E-state index contributed by atoms with van der Waals surface area (Å²) >= 11 is 0. The Morgan fingerprint density at radius 3 is 2.18 bits per heavy atom. The van der Waals surface area contributed by atoms with Crippen molar-refractivity contribution in [2.45, 2.75) is 19.3 Å². The zero-order chi connectivity index (χ0) is 12.1. The molecule has 1 aromatic heterocycles. The highest BCUT2D eigenvalue weighted by atomic mass is 14.6. The van der Waals surface area contributed by atoms with Crippen LogP contribution in [-0.2, 0) is 0 Å². The molecule has 0 amide bonds. The van der Waals surface area contributed by atoms with Crippen LogP contribution in [-0.4, -0.2) is 11.5 Å². The van der Waals surface area contributed by atoms with Gasteiger partial charge in [-0.2, -0.15) is 0 Å². The number of nitrogens with two attached hydrogens (primary N) is 1. The second-order valence-corrected chi connectivity index (χ2v) is 4.34. The van der Waals surface area contributed by atoms with Crippen LogP contribution in [0.4, 0.5) is 0 Å². The minimum Gasteiger partial charge on any atom is -0.330 e. The number of pyridine rings is 1. The molecule has 88 valence electrons. The van der Waals surface area contributed by atoms with Crippen LogP contribution in [0.5, 0.6) is 0 Å². The number of benzene rings is 1. The van der Waals surface area contributed by atoms with Gasteiger partial charge in [-0.05, 0) is 47.7 Å². The Bertz CT molecular complexity index is 448. The van der Waals surface area contributed by atoms with Gasteiger partial charge in [-0.15, -0.1) is 0 Å². The van der Waals surface area contributed by atoms with E-state index >= 15 is 0 Å². The fourth-order valence-electron chi connectivity index (χ4n) is 1.97. The van der Waals surface area contributed by atoms with Crippen molar-refractivity contribution < 1.29 is 0 Å². The van der Waals surface area contributed by atoms with Gasteiger partial charge in [0.2, 0.25) is 0 Å². The molecular weight excluding hydrogens is 208 g/mol. The summed E-state index contributed by atoms with van der Waals surface area (Å²) in [5.41, 5.74) is 9.37. The summed E-state index contributed by atoms with van der Waals surface area (Å²) in [6.45, 7) is 2.96. The highest BCUT2D eigenvalue weighted by Gasteiger charge is 2.04. The Labute approximate surface area is 103 Å². The maximum Gasteiger partial charge on any atom is 0.0273 e. The van der Waals surface area contributed by atoms with Crippen molar-refractivity contribution in [3.63, 3.8) is 0 Å². The van der Waals surface area contributed by atoms with Crippen molar-refractivity contribution >= 4 is 0 Å². The van der Waals surface area contributed by atoms with E-state index in [1.165, 1.54) is 16.7 Å². The summed E-state index contributed by atoms with van der Waals surface area (Å²) in [6.07, 6.45) is 4.68. The average molecular weight is 226 g/mol. The highest BCUT2D eigenvalue weighted by molar-refractivity contribution is 5.62. The minimum atomic E-state index is 0.534. The van der Waals surface area contributed by atoms with Crippen LogP contribution in [0, 0.1) is 0 Å². The topological polar surface area (TPSA) is 38.9 Å². The van der Waals surface area contributed by atoms with Crippen LogP contribution < -0.4 is 5.73 Å². The Morgan fingerprint density at radius 2 is 1.59 bits per heavy atom. The summed E-state index contributed by atoms with van der Waals surface area (Å²) in [5.74, 6) is 0.534. The van der Waals surface area contributed by atoms with Gasteiger partial charge >= 0.3 is 0 Å². The number of nitrogens with zero attached hydrogens (tertiary/aromatic N) is 1. The van der Waals surface area contributed by atoms with E-state index in [4.69, 9.17) is 5.73 Å². The van der Waals surface area contributed by atoms with Crippen molar-refractivity contribution in [3.05, 3.63) is 54.4 Å². The summed E-state index contributed by atoms with van der Waals surface area (Å²) < 4.78 is 0. The van der Waals surface area contributed by atoms with E-state index in [9.17, 15) is 0 Å². The lowest BCUT2D eigenvalue weighted by Gasteiger charge is -2.11. The molecular formula is C15H18N2. The molecule has 17 heavy (non-hydrogen) atoms. The Balaban J connectivity index is 2.19. The third-order valence-corrected chi connectivity index (χ3v) is 3.09. The van der Waals surface area contributed by atoms with Gasteiger partial charge in [-0.3, -0.25) is 4.98 Å². The molecule has 2 nitrogen and oxygen atoms in total. The predicted octanol–water partition coefficient (Wildman–Crippen LogP) is 3.20. The number of hydrogen-bond acceptors (Lipinski definition) is 2. The van der Waals surface area contributed by atoms with Gasteiger partial charge in [0.25, 0.3) is 0 Å². The number of rotatable bonds is 4. The Morgan fingerprint density at radius 1 is 1.00 bits per heavy atom. The molecule has 1 heterocycles. The van der Waals surface area contributed by atoms with Gasteiger partial charge in [0.15, 0.2) is 0 Å².